The minimum atomic E-state index is -0.911. The second kappa shape index (κ2) is 8.20. The fourth-order valence-electron chi connectivity index (χ4n) is 4.89. The first-order valence-electron chi connectivity index (χ1n) is 11.2. The molecule has 0 radical (unpaired) electrons. The lowest BCUT2D eigenvalue weighted by Crippen LogP contribution is -2.54. The Kier molecular flexibility index (Phi) is 5.21. The minimum Gasteiger partial charge on any atom is -0.378 e. The fourth-order valence-corrected chi connectivity index (χ4v) is 4.89. The number of benzene rings is 3. The van der Waals surface area contributed by atoms with Crippen molar-refractivity contribution in [3.8, 4) is 0 Å². The number of carbonyl (C=O) groups is 3. The SMILES string of the molecule is C[C@H](C(=O)N1c2ccccc2[C@H](Nc2ccccc2)C[C@@H]1C)N1C(=O)c2ccccc2C1=O. The van der Waals surface area contributed by atoms with Gasteiger partial charge in [-0.25, -0.2) is 0 Å². The van der Waals surface area contributed by atoms with Crippen molar-refractivity contribution in [2.45, 2.75) is 38.4 Å². The molecule has 6 heteroatoms. The van der Waals surface area contributed by atoms with Crippen molar-refractivity contribution in [3.63, 3.8) is 0 Å². The summed E-state index contributed by atoms with van der Waals surface area (Å²) in [5, 5.41) is 3.58. The molecule has 3 aromatic rings. The molecule has 0 spiro atoms. The summed E-state index contributed by atoms with van der Waals surface area (Å²) in [6, 6.07) is 23.5. The van der Waals surface area contributed by atoms with Gasteiger partial charge in [-0.2, -0.15) is 0 Å². The highest BCUT2D eigenvalue weighted by atomic mass is 16.2. The number of nitrogens with one attached hydrogen (secondary N) is 1. The van der Waals surface area contributed by atoms with Crippen LogP contribution >= 0.6 is 0 Å². The van der Waals surface area contributed by atoms with Crippen molar-refractivity contribution < 1.29 is 14.4 Å². The van der Waals surface area contributed by atoms with E-state index in [2.05, 4.69) is 5.32 Å². The van der Waals surface area contributed by atoms with Crippen molar-refractivity contribution in [3.05, 3.63) is 95.6 Å². The number of hydrogen-bond donors (Lipinski definition) is 1. The number of rotatable bonds is 4. The van der Waals surface area contributed by atoms with Crippen LogP contribution < -0.4 is 10.2 Å². The van der Waals surface area contributed by atoms with Crippen molar-refractivity contribution in [2.75, 3.05) is 10.2 Å². The zero-order valence-electron chi connectivity index (χ0n) is 18.6. The number of amides is 3. The molecule has 0 unspecified atom stereocenters. The van der Waals surface area contributed by atoms with Crippen LogP contribution in [0.4, 0.5) is 11.4 Å². The first kappa shape index (κ1) is 20.9. The van der Waals surface area contributed by atoms with Crippen LogP contribution in [0.5, 0.6) is 0 Å². The van der Waals surface area contributed by atoms with Crippen LogP contribution in [0.1, 0.15) is 52.6 Å². The average molecular weight is 440 g/mol. The lowest BCUT2D eigenvalue weighted by Gasteiger charge is -2.41. The summed E-state index contributed by atoms with van der Waals surface area (Å²) >= 11 is 0. The highest BCUT2D eigenvalue weighted by Gasteiger charge is 2.44. The van der Waals surface area contributed by atoms with Gasteiger partial charge in [-0.1, -0.05) is 48.5 Å². The first-order chi connectivity index (χ1) is 16.0. The van der Waals surface area contributed by atoms with Gasteiger partial charge in [-0.05, 0) is 56.2 Å². The Hall–Kier alpha value is -3.93. The maximum atomic E-state index is 13.7. The van der Waals surface area contributed by atoms with Gasteiger partial charge in [-0.3, -0.25) is 19.3 Å². The van der Waals surface area contributed by atoms with E-state index in [0.717, 1.165) is 21.8 Å². The number of fused-ring (bicyclic) bond motifs is 2. The molecule has 2 aliphatic rings. The van der Waals surface area contributed by atoms with Gasteiger partial charge >= 0.3 is 0 Å². The number of imide groups is 1. The maximum absolute atomic E-state index is 13.7. The molecule has 0 saturated carbocycles. The van der Waals surface area contributed by atoms with E-state index in [9.17, 15) is 14.4 Å². The molecule has 166 valence electrons. The van der Waals surface area contributed by atoms with Crippen molar-refractivity contribution >= 4 is 29.1 Å². The highest BCUT2D eigenvalue weighted by Crippen LogP contribution is 2.39. The number of anilines is 2. The Morgan fingerprint density at radius 2 is 1.45 bits per heavy atom. The fraction of sp³-hybridized carbons (Fsp3) is 0.222. The van der Waals surface area contributed by atoms with E-state index >= 15 is 0 Å². The normalized spacial score (nSPS) is 20.3. The summed E-state index contributed by atoms with van der Waals surface area (Å²) in [6.45, 7) is 3.64. The summed E-state index contributed by atoms with van der Waals surface area (Å²) in [6.07, 6.45) is 0.701. The Labute approximate surface area is 192 Å². The Balaban J connectivity index is 1.45. The number of hydrogen-bond acceptors (Lipinski definition) is 4. The molecule has 2 heterocycles. The standard InChI is InChI=1S/C27H25N3O3/c1-17-16-23(28-19-10-4-3-5-11-19)22-14-8-9-15-24(22)29(17)25(31)18(2)30-26(32)20-12-6-7-13-21(20)27(30)33/h3-15,17-18,23,28H,16H2,1-2H3/t17-,18+,23+/m0/s1. The van der Waals surface area contributed by atoms with Crippen LogP contribution in [0.15, 0.2) is 78.9 Å². The minimum absolute atomic E-state index is 0.0391. The Bertz CT molecular complexity index is 1210. The molecule has 0 aromatic heterocycles. The highest BCUT2D eigenvalue weighted by molar-refractivity contribution is 6.23. The van der Waals surface area contributed by atoms with E-state index in [1.54, 1.807) is 36.1 Å². The molecule has 2 aliphatic heterocycles. The molecule has 3 amide bonds. The first-order valence-corrected chi connectivity index (χ1v) is 11.2. The van der Waals surface area contributed by atoms with E-state index < -0.39 is 17.9 Å². The molecule has 0 saturated heterocycles. The smallest absolute Gasteiger partial charge is 0.262 e. The topological polar surface area (TPSA) is 69.7 Å². The van der Waals surface area contributed by atoms with Gasteiger partial charge in [0.25, 0.3) is 11.8 Å². The third-order valence-corrected chi connectivity index (χ3v) is 6.51. The van der Waals surface area contributed by atoms with Gasteiger partial charge in [0.1, 0.15) is 6.04 Å². The van der Waals surface area contributed by atoms with Crippen LogP contribution in [0, 0.1) is 0 Å². The lowest BCUT2D eigenvalue weighted by atomic mass is 9.90. The van der Waals surface area contributed by atoms with Gasteiger partial charge in [-0.15, -0.1) is 0 Å². The predicted molar refractivity (Wildman–Crippen MR) is 127 cm³/mol. The van der Waals surface area contributed by atoms with Gasteiger partial charge in [0.15, 0.2) is 0 Å². The monoisotopic (exact) mass is 439 g/mol. The second-order valence-corrected chi connectivity index (χ2v) is 8.62. The number of carbonyl (C=O) groups excluding carboxylic acids is 3. The quantitative estimate of drug-likeness (QED) is 0.601. The average Bonchev–Trinajstić information content (AvgIpc) is 3.09. The molecule has 33 heavy (non-hydrogen) atoms. The lowest BCUT2D eigenvalue weighted by molar-refractivity contribution is -0.122. The van der Waals surface area contributed by atoms with Gasteiger partial charge in [0.05, 0.1) is 17.2 Å². The van der Waals surface area contributed by atoms with Crippen LogP contribution in [0.3, 0.4) is 0 Å². The van der Waals surface area contributed by atoms with E-state index in [4.69, 9.17) is 0 Å². The van der Waals surface area contributed by atoms with Gasteiger partial charge in [0.2, 0.25) is 5.91 Å². The third kappa shape index (κ3) is 3.48. The van der Waals surface area contributed by atoms with Gasteiger partial charge < -0.3 is 10.2 Å². The van der Waals surface area contributed by atoms with E-state index in [1.165, 1.54) is 0 Å². The summed E-state index contributed by atoms with van der Waals surface area (Å²) in [4.78, 5) is 42.4. The Morgan fingerprint density at radius 3 is 2.12 bits per heavy atom. The predicted octanol–water partition coefficient (Wildman–Crippen LogP) is 4.65. The maximum Gasteiger partial charge on any atom is 0.262 e. The molecule has 3 atom stereocenters. The zero-order chi connectivity index (χ0) is 23.1. The van der Waals surface area contributed by atoms with Crippen molar-refractivity contribution in [1.82, 2.24) is 4.90 Å². The molecule has 3 aromatic carbocycles. The summed E-state index contributed by atoms with van der Waals surface area (Å²) in [5.74, 6) is -1.10. The summed E-state index contributed by atoms with van der Waals surface area (Å²) in [7, 11) is 0. The van der Waals surface area contributed by atoms with Crippen LogP contribution in [0.25, 0.3) is 0 Å². The molecule has 0 aliphatic carbocycles. The van der Waals surface area contributed by atoms with Crippen LogP contribution in [0.2, 0.25) is 0 Å². The molecule has 6 nitrogen and oxygen atoms in total. The zero-order valence-corrected chi connectivity index (χ0v) is 18.6. The Morgan fingerprint density at radius 1 is 0.879 bits per heavy atom. The van der Waals surface area contributed by atoms with Crippen LogP contribution in [-0.2, 0) is 4.79 Å². The van der Waals surface area contributed by atoms with E-state index in [-0.39, 0.29) is 18.0 Å². The molecular formula is C27H25N3O3. The molecule has 0 fully saturated rings. The van der Waals surface area contributed by atoms with Crippen LogP contribution in [-0.4, -0.2) is 34.7 Å². The van der Waals surface area contributed by atoms with Crippen molar-refractivity contribution in [2.24, 2.45) is 0 Å². The third-order valence-electron chi connectivity index (χ3n) is 6.51. The van der Waals surface area contributed by atoms with Crippen molar-refractivity contribution in [1.29, 1.82) is 0 Å². The second-order valence-electron chi connectivity index (χ2n) is 8.62. The van der Waals surface area contributed by atoms with Gasteiger partial charge in [0, 0.05) is 17.4 Å². The number of nitrogens with zero attached hydrogens (tertiary/aromatic N) is 2. The largest absolute Gasteiger partial charge is 0.378 e. The molecule has 1 N–H and O–H groups in total. The summed E-state index contributed by atoms with van der Waals surface area (Å²) < 4.78 is 0. The number of para-hydroxylation sites is 2. The molecule has 5 rings (SSSR count). The van der Waals surface area contributed by atoms with E-state index in [1.807, 2.05) is 61.5 Å². The molecule has 0 bridgehead atoms. The summed E-state index contributed by atoms with van der Waals surface area (Å²) in [5.41, 5.74) is 3.53. The molecular weight excluding hydrogens is 414 g/mol. The van der Waals surface area contributed by atoms with E-state index in [0.29, 0.717) is 17.5 Å².